The minimum absolute atomic E-state index is 0.117. The van der Waals surface area contributed by atoms with Crippen LogP contribution in [0.15, 0.2) is 18.3 Å². The van der Waals surface area contributed by atoms with Gasteiger partial charge in [0.25, 0.3) is 0 Å². The van der Waals surface area contributed by atoms with Gasteiger partial charge in [-0.05, 0) is 31.9 Å². The van der Waals surface area contributed by atoms with E-state index in [1.54, 1.807) is 30.3 Å². The highest BCUT2D eigenvalue weighted by atomic mass is 16.5. The van der Waals surface area contributed by atoms with Crippen molar-refractivity contribution in [2.24, 2.45) is 0 Å². The molecule has 1 saturated heterocycles. The number of carbonyl (C=O) groups excluding carboxylic acids is 1. The Morgan fingerprint density at radius 2 is 2.35 bits per heavy atom. The molecule has 2 amide bonds. The molecule has 128 valence electrons. The van der Waals surface area contributed by atoms with E-state index in [2.05, 4.69) is 10.3 Å². The number of urea groups is 1. The van der Waals surface area contributed by atoms with Crippen LogP contribution in [0.4, 0.5) is 10.5 Å². The monoisotopic (exact) mass is 323 g/mol. The Morgan fingerprint density at radius 1 is 1.48 bits per heavy atom. The van der Waals surface area contributed by atoms with Gasteiger partial charge >= 0.3 is 6.03 Å². The summed E-state index contributed by atoms with van der Waals surface area (Å²) >= 11 is 0. The molecule has 2 heterocycles. The molecule has 1 aliphatic rings. The summed E-state index contributed by atoms with van der Waals surface area (Å²) in [6, 6.07) is 3.38. The number of ether oxygens (including phenoxy) is 3. The maximum Gasteiger partial charge on any atom is 0.322 e. The number of rotatable bonds is 7. The minimum Gasteiger partial charge on any atom is -0.474 e. The third kappa shape index (κ3) is 5.37. The first-order valence-corrected chi connectivity index (χ1v) is 7.99. The van der Waals surface area contributed by atoms with Crippen molar-refractivity contribution in [2.75, 3.05) is 45.3 Å². The Balaban J connectivity index is 1.94. The predicted octanol–water partition coefficient (Wildman–Crippen LogP) is 2.14. The van der Waals surface area contributed by atoms with E-state index >= 15 is 0 Å². The number of carbonyl (C=O) groups is 1. The normalized spacial score (nSPS) is 17.8. The van der Waals surface area contributed by atoms with Gasteiger partial charge in [-0.25, -0.2) is 9.78 Å². The molecule has 0 aliphatic carbocycles. The zero-order chi connectivity index (χ0) is 16.5. The molecule has 7 nitrogen and oxygen atoms in total. The molecule has 0 spiro atoms. The number of nitrogens with one attached hydrogen (secondary N) is 1. The largest absolute Gasteiger partial charge is 0.474 e. The van der Waals surface area contributed by atoms with E-state index in [9.17, 15) is 4.79 Å². The second-order valence-electron chi connectivity index (χ2n) is 5.29. The molecule has 7 heteroatoms. The fourth-order valence-electron chi connectivity index (χ4n) is 2.51. The van der Waals surface area contributed by atoms with Crippen LogP contribution in [0.5, 0.6) is 5.88 Å². The first-order valence-electron chi connectivity index (χ1n) is 7.99. The van der Waals surface area contributed by atoms with Crippen LogP contribution in [0.2, 0.25) is 0 Å². The lowest BCUT2D eigenvalue weighted by atomic mass is 10.1. The molecular weight excluding hydrogens is 298 g/mol. The lowest BCUT2D eigenvalue weighted by molar-refractivity contribution is 0.0181. The van der Waals surface area contributed by atoms with Gasteiger partial charge in [-0.15, -0.1) is 0 Å². The summed E-state index contributed by atoms with van der Waals surface area (Å²) < 4.78 is 16.1. The maximum atomic E-state index is 12.5. The molecule has 1 atom stereocenters. The van der Waals surface area contributed by atoms with Gasteiger partial charge in [-0.1, -0.05) is 0 Å². The van der Waals surface area contributed by atoms with E-state index in [-0.39, 0.29) is 12.1 Å². The van der Waals surface area contributed by atoms with Crippen LogP contribution in [0.3, 0.4) is 0 Å². The van der Waals surface area contributed by atoms with Crippen molar-refractivity contribution in [3.05, 3.63) is 18.3 Å². The number of pyridine rings is 1. The molecule has 1 aromatic rings. The SMILES string of the molecule is CCO[C@@H]1CCCN(C(=O)Nc2cccnc2OCCOC)C1. The lowest BCUT2D eigenvalue weighted by Crippen LogP contribution is -2.45. The highest BCUT2D eigenvalue weighted by Crippen LogP contribution is 2.22. The number of anilines is 1. The second kappa shape index (κ2) is 9.32. The quantitative estimate of drug-likeness (QED) is 0.778. The summed E-state index contributed by atoms with van der Waals surface area (Å²) in [4.78, 5) is 18.4. The smallest absolute Gasteiger partial charge is 0.322 e. The molecular formula is C16H25N3O4. The van der Waals surface area contributed by atoms with Crippen molar-refractivity contribution in [2.45, 2.75) is 25.9 Å². The van der Waals surface area contributed by atoms with Gasteiger partial charge in [0.15, 0.2) is 0 Å². The fraction of sp³-hybridized carbons (Fsp3) is 0.625. The number of likely N-dealkylation sites (tertiary alicyclic amines) is 1. The summed E-state index contributed by atoms with van der Waals surface area (Å²) in [6.45, 7) is 4.83. The van der Waals surface area contributed by atoms with Gasteiger partial charge in [0.1, 0.15) is 12.3 Å². The Morgan fingerprint density at radius 3 is 3.13 bits per heavy atom. The van der Waals surface area contributed by atoms with E-state index in [1.807, 2.05) is 6.92 Å². The minimum atomic E-state index is -0.154. The van der Waals surface area contributed by atoms with Gasteiger partial charge in [-0.3, -0.25) is 0 Å². The first-order chi connectivity index (χ1) is 11.2. The van der Waals surface area contributed by atoms with Gasteiger partial charge < -0.3 is 24.4 Å². The van der Waals surface area contributed by atoms with Crippen LogP contribution in [0.25, 0.3) is 0 Å². The molecule has 23 heavy (non-hydrogen) atoms. The Hall–Kier alpha value is -1.86. The second-order valence-corrected chi connectivity index (χ2v) is 5.29. The van der Waals surface area contributed by atoms with E-state index < -0.39 is 0 Å². The molecule has 1 fully saturated rings. The summed E-state index contributed by atoms with van der Waals surface area (Å²) in [6.07, 6.45) is 3.69. The van der Waals surface area contributed by atoms with Gasteiger partial charge in [-0.2, -0.15) is 0 Å². The highest BCUT2D eigenvalue weighted by Gasteiger charge is 2.24. The van der Waals surface area contributed by atoms with E-state index in [0.29, 0.717) is 37.9 Å². The first kappa shape index (κ1) is 17.5. The maximum absolute atomic E-state index is 12.5. The average Bonchev–Trinajstić information content (AvgIpc) is 2.57. The summed E-state index contributed by atoms with van der Waals surface area (Å²) in [7, 11) is 1.61. The van der Waals surface area contributed by atoms with Crippen LogP contribution >= 0.6 is 0 Å². The zero-order valence-corrected chi connectivity index (χ0v) is 13.8. The molecule has 0 bridgehead atoms. The highest BCUT2D eigenvalue weighted by molar-refractivity contribution is 5.90. The number of piperidine rings is 1. The fourth-order valence-corrected chi connectivity index (χ4v) is 2.51. The molecule has 0 radical (unpaired) electrons. The van der Waals surface area contributed by atoms with Crippen molar-refractivity contribution in [1.29, 1.82) is 0 Å². The molecule has 1 aliphatic heterocycles. The predicted molar refractivity (Wildman–Crippen MR) is 86.8 cm³/mol. The van der Waals surface area contributed by atoms with E-state index in [4.69, 9.17) is 14.2 Å². The molecule has 0 aromatic carbocycles. The Bertz CT molecular complexity index is 496. The summed E-state index contributed by atoms with van der Waals surface area (Å²) in [5.41, 5.74) is 0.562. The third-order valence-corrected chi connectivity index (χ3v) is 3.61. The van der Waals surface area contributed by atoms with Crippen molar-refractivity contribution in [3.8, 4) is 5.88 Å². The molecule has 0 unspecified atom stereocenters. The third-order valence-electron chi connectivity index (χ3n) is 3.61. The topological polar surface area (TPSA) is 72.9 Å². The summed E-state index contributed by atoms with van der Waals surface area (Å²) in [5.74, 6) is 0.399. The zero-order valence-electron chi connectivity index (χ0n) is 13.8. The number of amides is 2. The van der Waals surface area contributed by atoms with Crippen molar-refractivity contribution < 1.29 is 19.0 Å². The van der Waals surface area contributed by atoms with Gasteiger partial charge in [0.05, 0.1) is 12.7 Å². The molecule has 1 N–H and O–H groups in total. The van der Waals surface area contributed by atoms with Crippen molar-refractivity contribution in [1.82, 2.24) is 9.88 Å². The van der Waals surface area contributed by atoms with Crippen LogP contribution in [-0.2, 0) is 9.47 Å². The molecule has 2 rings (SSSR count). The lowest BCUT2D eigenvalue weighted by Gasteiger charge is -2.32. The van der Waals surface area contributed by atoms with Gasteiger partial charge in [0, 0.05) is 33.0 Å². The van der Waals surface area contributed by atoms with Crippen molar-refractivity contribution >= 4 is 11.7 Å². The standard InChI is InChI=1S/C16H25N3O4/c1-3-22-13-6-5-9-19(12-13)16(20)18-14-7-4-8-17-15(14)23-11-10-21-2/h4,7-8,13H,3,5-6,9-12H2,1-2H3,(H,18,20)/t13-/m1/s1. The molecule has 1 aromatic heterocycles. The average molecular weight is 323 g/mol. The number of hydrogen-bond donors (Lipinski definition) is 1. The summed E-state index contributed by atoms with van der Waals surface area (Å²) in [5, 5.41) is 2.87. The molecule has 0 saturated carbocycles. The Kier molecular flexibility index (Phi) is 7.09. The van der Waals surface area contributed by atoms with Crippen molar-refractivity contribution in [3.63, 3.8) is 0 Å². The number of hydrogen-bond acceptors (Lipinski definition) is 5. The van der Waals surface area contributed by atoms with Crippen LogP contribution in [-0.4, -0.2) is 62.0 Å². The van der Waals surface area contributed by atoms with Crippen LogP contribution in [0, 0.1) is 0 Å². The van der Waals surface area contributed by atoms with Crippen LogP contribution in [0.1, 0.15) is 19.8 Å². The van der Waals surface area contributed by atoms with E-state index in [1.165, 1.54) is 0 Å². The number of nitrogens with zero attached hydrogens (tertiary/aromatic N) is 2. The van der Waals surface area contributed by atoms with Crippen LogP contribution < -0.4 is 10.1 Å². The van der Waals surface area contributed by atoms with Gasteiger partial charge in [0.2, 0.25) is 5.88 Å². The number of methoxy groups -OCH3 is 1. The number of aromatic nitrogens is 1. The Labute approximate surface area is 136 Å². The van der Waals surface area contributed by atoms with E-state index in [0.717, 1.165) is 19.4 Å².